The maximum absolute atomic E-state index is 13.7. The lowest BCUT2D eigenvalue weighted by molar-refractivity contribution is -0.300. The summed E-state index contributed by atoms with van der Waals surface area (Å²) in [7, 11) is 6.58. The van der Waals surface area contributed by atoms with E-state index in [9.17, 15) is 19.8 Å². The highest BCUT2D eigenvalue weighted by Gasteiger charge is 2.90. The molecule has 7 bridgehead atoms. The number of esters is 2. The van der Waals surface area contributed by atoms with Crippen LogP contribution in [0, 0.1) is 34.5 Å². The summed E-state index contributed by atoms with van der Waals surface area (Å²) in [5.74, 6) is -2.55. The second-order valence-electron chi connectivity index (χ2n) is 14.4. The second kappa shape index (κ2) is 10.7. The number of benzene rings is 1. The fourth-order valence-electron chi connectivity index (χ4n) is 12.2. The van der Waals surface area contributed by atoms with Crippen molar-refractivity contribution in [2.24, 2.45) is 34.5 Å². The third kappa shape index (κ3) is 3.72. The Bertz CT molecular complexity index is 1330. The minimum atomic E-state index is -1.55. The Hall–Kier alpha value is -2.12. The zero-order valence-corrected chi connectivity index (χ0v) is 27.0. The number of carbonyl (C=O) groups is 2. The van der Waals surface area contributed by atoms with Gasteiger partial charge in [-0.2, -0.15) is 0 Å². The molecular formula is C34H47NO10. The zero-order chi connectivity index (χ0) is 32.1. The van der Waals surface area contributed by atoms with Crippen LogP contribution in [0.25, 0.3) is 0 Å². The first kappa shape index (κ1) is 31.5. The number of hydrogen-bond donors (Lipinski definition) is 2. The van der Waals surface area contributed by atoms with Crippen molar-refractivity contribution >= 4 is 11.9 Å². The highest BCUT2D eigenvalue weighted by Crippen LogP contribution is 2.80. The molecule has 6 fully saturated rings. The first-order valence-electron chi connectivity index (χ1n) is 16.2. The van der Waals surface area contributed by atoms with Crippen LogP contribution < -0.4 is 0 Å². The molecule has 11 nitrogen and oxygen atoms in total. The molecule has 7 rings (SSSR count). The maximum Gasteiger partial charge on any atom is 0.338 e. The maximum atomic E-state index is 13.7. The average Bonchev–Trinajstić information content (AvgIpc) is 3.40. The number of methoxy groups -OCH3 is 4. The van der Waals surface area contributed by atoms with E-state index in [0.717, 1.165) is 0 Å². The molecule has 14 atom stereocenters. The van der Waals surface area contributed by atoms with Gasteiger partial charge in [-0.3, -0.25) is 9.69 Å². The van der Waals surface area contributed by atoms with Crippen LogP contribution in [0.15, 0.2) is 30.3 Å². The van der Waals surface area contributed by atoms with Crippen molar-refractivity contribution in [3.63, 3.8) is 0 Å². The highest BCUT2D eigenvalue weighted by atomic mass is 16.6. The standard InChI is InChI=1S/C34H47NO10/c1-7-35-16-31(17-40-3)21(37)13-22(41-4)34-20-14-32(39)23(42-5)15-33(45-18(2)36,25(28(34)35)26(43-6)27(31)34)24(20)29(32)44-30(38)19-11-9-8-10-12-19/h8-12,20-29,37,39H,7,13-17H2,1-6H3/t20-,21?,22?,23?,24-,25?,26?,27-,28-,29?,31?,32+,33-,34?/m1/s1. The number of nitrogens with zero attached hydrogens (tertiary/aromatic N) is 1. The number of piperidine rings is 1. The van der Waals surface area contributed by atoms with Gasteiger partial charge >= 0.3 is 11.9 Å². The van der Waals surface area contributed by atoms with Crippen molar-refractivity contribution in [1.29, 1.82) is 0 Å². The fourth-order valence-corrected chi connectivity index (χ4v) is 12.2. The molecule has 1 aromatic carbocycles. The minimum Gasteiger partial charge on any atom is -0.458 e. The molecule has 6 aliphatic rings. The summed E-state index contributed by atoms with van der Waals surface area (Å²) < 4.78 is 37.9. The summed E-state index contributed by atoms with van der Waals surface area (Å²) >= 11 is 0. The predicted molar refractivity (Wildman–Crippen MR) is 159 cm³/mol. The lowest BCUT2D eigenvalue weighted by atomic mass is 9.42. The lowest BCUT2D eigenvalue weighted by Gasteiger charge is -2.70. The molecule has 0 radical (unpaired) electrons. The molecule has 1 heterocycles. The Morgan fingerprint density at radius 2 is 1.71 bits per heavy atom. The van der Waals surface area contributed by atoms with Gasteiger partial charge in [0.05, 0.1) is 36.6 Å². The van der Waals surface area contributed by atoms with Gasteiger partial charge in [-0.15, -0.1) is 0 Å². The zero-order valence-electron chi connectivity index (χ0n) is 27.0. The molecule has 45 heavy (non-hydrogen) atoms. The Balaban J connectivity index is 1.50. The molecule has 1 spiro atoms. The van der Waals surface area contributed by atoms with E-state index in [2.05, 4.69) is 11.8 Å². The van der Waals surface area contributed by atoms with Gasteiger partial charge in [0.2, 0.25) is 0 Å². The molecule has 1 aromatic rings. The second-order valence-corrected chi connectivity index (χ2v) is 14.4. The summed E-state index contributed by atoms with van der Waals surface area (Å²) in [6.45, 7) is 5.08. The van der Waals surface area contributed by atoms with E-state index in [0.29, 0.717) is 31.7 Å². The Labute approximate surface area is 264 Å². The van der Waals surface area contributed by atoms with Crippen LogP contribution in [-0.2, 0) is 33.2 Å². The first-order chi connectivity index (χ1) is 21.5. The third-order valence-electron chi connectivity index (χ3n) is 13.1. The molecule has 5 aliphatic carbocycles. The summed E-state index contributed by atoms with van der Waals surface area (Å²) in [5, 5.41) is 24.8. The van der Waals surface area contributed by atoms with Gasteiger partial charge in [-0.25, -0.2) is 4.79 Å². The van der Waals surface area contributed by atoms with E-state index in [1.54, 1.807) is 52.7 Å². The smallest absolute Gasteiger partial charge is 0.338 e. The predicted octanol–water partition coefficient (Wildman–Crippen LogP) is 1.68. The van der Waals surface area contributed by atoms with Gasteiger partial charge in [0.1, 0.15) is 17.3 Å². The Kier molecular flexibility index (Phi) is 7.48. The van der Waals surface area contributed by atoms with E-state index < -0.39 is 76.3 Å². The fraction of sp³-hybridized carbons (Fsp3) is 0.765. The van der Waals surface area contributed by atoms with Crippen LogP contribution in [0.3, 0.4) is 0 Å². The molecule has 8 unspecified atom stereocenters. The number of carbonyl (C=O) groups excluding carboxylic acids is 2. The monoisotopic (exact) mass is 629 g/mol. The molecular weight excluding hydrogens is 582 g/mol. The van der Waals surface area contributed by atoms with Gasteiger partial charge in [0.25, 0.3) is 0 Å². The van der Waals surface area contributed by atoms with E-state index >= 15 is 0 Å². The molecule has 0 amide bonds. The van der Waals surface area contributed by atoms with E-state index in [-0.39, 0.29) is 30.7 Å². The van der Waals surface area contributed by atoms with Crippen molar-refractivity contribution in [1.82, 2.24) is 4.90 Å². The number of hydrogen-bond acceptors (Lipinski definition) is 11. The van der Waals surface area contributed by atoms with Crippen LogP contribution in [-0.4, -0.2) is 123 Å². The van der Waals surface area contributed by atoms with Crippen molar-refractivity contribution in [2.45, 2.75) is 80.9 Å². The van der Waals surface area contributed by atoms with Gasteiger partial charge < -0.3 is 38.6 Å². The number of aliphatic hydroxyl groups excluding tert-OH is 1. The number of rotatable bonds is 9. The van der Waals surface area contributed by atoms with Gasteiger partial charge in [0.15, 0.2) is 0 Å². The van der Waals surface area contributed by atoms with Crippen LogP contribution in [0.1, 0.15) is 43.5 Å². The van der Waals surface area contributed by atoms with E-state index in [4.69, 9.17) is 28.4 Å². The topological polar surface area (TPSA) is 133 Å². The van der Waals surface area contributed by atoms with Crippen molar-refractivity contribution in [3.05, 3.63) is 35.9 Å². The normalized spacial score (nSPS) is 49.1. The number of likely N-dealkylation sites (tertiary alicyclic amines) is 1. The van der Waals surface area contributed by atoms with Gasteiger partial charge in [-0.05, 0) is 31.0 Å². The molecule has 11 heteroatoms. The number of fused-ring (bicyclic) bond motifs is 2. The molecule has 248 valence electrons. The van der Waals surface area contributed by atoms with Crippen LogP contribution >= 0.6 is 0 Å². The SMILES string of the molecule is CCN1CC2(COC)C(O)CC(OC)C34[C@@H]5C[C@]6(O)C(OC)C[C@](OC(C)=O)(C(C(OC)[C@H]23)[C@@H]14)[C@H]5C6OC(=O)c1ccccc1. The van der Waals surface area contributed by atoms with Gasteiger partial charge in [-0.1, -0.05) is 25.1 Å². The lowest BCUT2D eigenvalue weighted by Crippen LogP contribution is -2.79. The minimum absolute atomic E-state index is 0.163. The summed E-state index contributed by atoms with van der Waals surface area (Å²) in [6.07, 6.45) is -2.55. The van der Waals surface area contributed by atoms with Crippen molar-refractivity contribution in [2.75, 3.05) is 48.1 Å². The van der Waals surface area contributed by atoms with Crippen molar-refractivity contribution in [3.8, 4) is 0 Å². The van der Waals surface area contributed by atoms with E-state index in [1.807, 2.05) is 6.07 Å². The van der Waals surface area contributed by atoms with Crippen LogP contribution in [0.2, 0.25) is 0 Å². The number of ether oxygens (including phenoxy) is 6. The molecule has 1 aliphatic heterocycles. The van der Waals surface area contributed by atoms with Gasteiger partial charge in [0, 0.05) is 89.4 Å². The third-order valence-corrected chi connectivity index (χ3v) is 13.1. The Morgan fingerprint density at radius 1 is 1.00 bits per heavy atom. The summed E-state index contributed by atoms with van der Waals surface area (Å²) in [6, 6.07) is 8.56. The molecule has 5 saturated carbocycles. The molecule has 2 N–H and O–H groups in total. The molecule has 0 aromatic heterocycles. The quantitative estimate of drug-likeness (QED) is 0.387. The molecule has 1 saturated heterocycles. The largest absolute Gasteiger partial charge is 0.458 e. The van der Waals surface area contributed by atoms with Crippen LogP contribution in [0.4, 0.5) is 0 Å². The number of aliphatic hydroxyl groups is 2. The Morgan fingerprint density at radius 3 is 2.31 bits per heavy atom. The van der Waals surface area contributed by atoms with Crippen LogP contribution in [0.5, 0.6) is 0 Å². The van der Waals surface area contributed by atoms with E-state index in [1.165, 1.54) is 6.92 Å². The average molecular weight is 630 g/mol. The summed E-state index contributed by atoms with van der Waals surface area (Å²) in [5.41, 5.74) is -3.74. The highest BCUT2D eigenvalue weighted by molar-refractivity contribution is 5.89. The van der Waals surface area contributed by atoms with Crippen molar-refractivity contribution < 1.29 is 48.2 Å². The first-order valence-corrected chi connectivity index (χ1v) is 16.2. The summed E-state index contributed by atoms with van der Waals surface area (Å²) in [4.78, 5) is 29.3.